The number of methoxy groups -OCH3 is 1. The summed E-state index contributed by atoms with van der Waals surface area (Å²) in [7, 11) is 1.56. The van der Waals surface area contributed by atoms with Crippen LogP contribution >= 0.6 is 0 Å². The van der Waals surface area contributed by atoms with E-state index in [9.17, 15) is 4.79 Å². The number of amides is 1. The Morgan fingerprint density at radius 1 is 1.48 bits per heavy atom. The molecule has 9 heteroatoms. The summed E-state index contributed by atoms with van der Waals surface area (Å²) >= 11 is 0. The van der Waals surface area contributed by atoms with Gasteiger partial charge >= 0.3 is 0 Å². The normalized spacial score (nSPS) is 20.6. The fourth-order valence-electron chi connectivity index (χ4n) is 2.75. The zero-order chi connectivity index (χ0) is 16.4. The summed E-state index contributed by atoms with van der Waals surface area (Å²) in [5.41, 5.74) is -0.712. The Bertz CT molecular complexity index is 718. The van der Waals surface area contributed by atoms with Crippen LogP contribution in [-0.4, -0.2) is 46.2 Å². The second-order valence-corrected chi connectivity index (χ2v) is 5.47. The number of carbonyl (C=O) groups is 1. The maximum atomic E-state index is 11.7. The molecule has 3 rings (SSSR count). The van der Waals surface area contributed by atoms with E-state index in [2.05, 4.69) is 25.4 Å². The van der Waals surface area contributed by atoms with Crippen LogP contribution in [0.15, 0.2) is 16.8 Å². The maximum Gasteiger partial charge on any atom is 0.228 e. The van der Waals surface area contributed by atoms with Gasteiger partial charge in [0, 0.05) is 32.7 Å². The Hall–Kier alpha value is -2.71. The van der Waals surface area contributed by atoms with Crippen molar-refractivity contribution in [2.24, 2.45) is 0 Å². The fraction of sp³-hybridized carbons (Fsp3) is 0.500. The van der Waals surface area contributed by atoms with E-state index >= 15 is 0 Å². The molecular weight excluding hydrogens is 300 g/mol. The van der Waals surface area contributed by atoms with Crippen LogP contribution in [0.25, 0.3) is 0 Å². The number of aromatic nitrogens is 4. The van der Waals surface area contributed by atoms with Crippen LogP contribution in [0.5, 0.6) is 5.88 Å². The zero-order valence-electron chi connectivity index (χ0n) is 13.2. The molecule has 0 spiro atoms. The minimum atomic E-state index is -0.712. The van der Waals surface area contributed by atoms with Gasteiger partial charge in [-0.25, -0.2) is 4.98 Å². The quantitative estimate of drug-likeness (QED) is 0.864. The number of nitrogens with zero attached hydrogens (tertiary/aromatic N) is 5. The molecule has 0 saturated carbocycles. The molecule has 0 bridgehead atoms. The van der Waals surface area contributed by atoms with Gasteiger partial charge in [-0.3, -0.25) is 4.79 Å². The van der Waals surface area contributed by atoms with E-state index in [-0.39, 0.29) is 5.91 Å². The van der Waals surface area contributed by atoms with Gasteiger partial charge in [-0.15, -0.1) is 0 Å². The zero-order valence-corrected chi connectivity index (χ0v) is 13.2. The third-order valence-electron chi connectivity index (χ3n) is 3.75. The number of aryl methyl sites for hydroxylation is 1. The van der Waals surface area contributed by atoms with Gasteiger partial charge in [0.15, 0.2) is 5.82 Å². The van der Waals surface area contributed by atoms with Crippen LogP contribution in [0.3, 0.4) is 0 Å². The Morgan fingerprint density at radius 2 is 2.30 bits per heavy atom. The SMILES string of the molecule is COc1ccnc(N2CCC(NC(C)=O)(c3noc(C)n3)C2)n1. The summed E-state index contributed by atoms with van der Waals surface area (Å²) in [6, 6.07) is 1.68. The topological polar surface area (TPSA) is 106 Å². The van der Waals surface area contributed by atoms with Gasteiger partial charge in [-0.1, -0.05) is 5.16 Å². The first kappa shape index (κ1) is 15.2. The molecule has 1 unspecified atom stereocenters. The molecule has 1 aliphatic heterocycles. The molecular formula is C14H18N6O3. The lowest BCUT2D eigenvalue weighted by Crippen LogP contribution is -2.48. The van der Waals surface area contributed by atoms with Crippen molar-refractivity contribution in [2.45, 2.75) is 25.8 Å². The Kier molecular flexibility index (Phi) is 3.85. The highest BCUT2D eigenvalue weighted by Crippen LogP contribution is 2.32. The summed E-state index contributed by atoms with van der Waals surface area (Å²) in [4.78, 5) is 26.5. The van der Waals surface area contributed by atoms with E-state index in [0.717, 1.165) is 0 Å². The van der Waals surface area contributed by atoms with Crippen LogP contribution in [0, 0.1) is 6.92 Å². The second kappa shape index (κ2) is 5.82. The van der Waals surface area contributed by atoms with Crippen molar-refractivity contribution in [3.8, 4) is 5.88 Å². The molecule has 1 saturated heterocycles. The van der Waals surface area contributed by atoms with Crippen LogP contribution in [-0.2, 0) is 10.3 Å². The highest BCUT2D eigenvalue weighted by Gasteiger charge is 2.45. The minimum absolute atomic E-state index is 0.152. The fourth-order valence-corrected chi connectivity index (χ4v) is 2.75. The summed E-state index contributed by atoms with van der Waals surface area (Å²) in [6.45, 7) is 4.30. The first-order valence-corrected chi connectivity index (χ1v) is 7.24. The number of nitrogens with one attached hydrogen (secondary N) is 1. The molecule has 3 heterocycles. The third-order valence-corrected chi connectivity index (χ3v) is 3.75. The summed E-state index contributed by atoms with van der Waals surface area (Å²) in [5, 5.41) is 6.95. The average Bonchev–Trinajstić information content (AvgIpc) is 3.14. The van der Waals surface area contributed by atoms with Crippen molar-refractivity contribution in [1.82, 2.24) is 25.4 Å². The Labute approximate surface area is 133 Å². The van der Waals surface area contributed by atoms with Gasteiger partial charge in [0.2, 0.25) is 23.6 Å². The third kappa shape index (κ3) is 2.94. The summed E-state index contributed by atoms with van der Waals surface area (Å²) < 4.78 is 10.2. The van der Waals surface area contributed by atoms with Crippen molar-refractivity contribution >= 4 is 11.9 Å². The average molecular weight is 318 g/mol. The molecule has 1 atom stereocenters. The molecule has 122 valence electrons. The molecule has 0 aliphatic carbocycles. The van der Waals surface area contributed by atoms with E-state index in [1.54, 1.807) is 26.3 Å². The van der Waals surface area contributed by atoms with Gasteiger partial charge < -0.3 is 19.5 Å². The van der Waals surface area contributed by atoms with E-state index in [1.807, 2.05) is 4.90 Å². The van der Waals surface area contributed by atoms with Gasteiger partial charge in [0.1, 0.15) is 5.54 Å². The monoisotopic (exact) mass is 318 g/mol. The lowest BCUT2D eigenvalue weighted by atomic mass is 9.97. The predicted octanol–water partition coefficient (Wildman–Crippen LogP) is 0.418. The minimum Gasteiger partial charge on any atom is -0.481 e. The van der Waals surface area contributed by atoms with Gasteiger partial charge in [-0.2, -0.15) is 9.97 Å². The van der Waals surface area contributed by atoms with E-state index < -0.39 is 5.54 Å². The number of anilines is 1. The number of hydrogen-bond acceptors (Lipinski definition) is 8. The summed E-state index contributed by atoms with van der Waals surface area (Å²) in [6.07, 6.45) is 2.27. The molecule has 9 nitrogen and oxygen atoms in total. The van der Waals surface area contributed by atoms with Gasteiger partial charge in [0.25, 0.3) is 0 Å². The molecule has 1 amide bonds. The van der Waals surface area contributed by atoms with Crippen molar-refractivity contribution in [3.05, 3.63) is 24.0 Å². The molecule has 2 aromatic rings. The van der Waals surface area contributed by atoms with Crippen molar-refractivity contribution in [2.75, 3.05) is 25.1 Å². The Balaban J connectivity index is 1.90. The van der Waals surface area contributed by atoms with E-state index in [1.165, 1.54) is 6.92 Å². The first-order valence-electron chi connectivity index (χ1n) is 7.24. The molecule has 1 aliphatic rings. The van der Waals surface area contributed by atoms with Crippen molar-refractivity contribution < 1.29 is 14.1 Å². The summed E-state index contributed by atoms with van der Waals surface area (Å²) in [5.74, 6) is 1.80. The molecule has 1 N–H and O–H groups in total. The highest BCUT2D eigenvalue weighted by molar-refractivity contribution is 5.74. The predicted molar refractivity (Wildman–Crippen MR) is 79.9 cm³/mol. The van der Waals surface area contributed by atoms with Crippen LogP contribution in [0.1, 0.15) is 25.1 Å². The lowest BCUT2D eigenvalue weighted by molar-refractivity contribution is -0.120. The molecule has 23 heavy (non-hydrogen) atoms. The molecule has 0 radical (unpaired) electrons. The maximum absolute atomic E-state index is 11.7. The molecule has 0 aromatic carbocycles. The van der Waals surface area contributed by atoms with E-state index in [4.69, 9.17) is 9.26 Å². The number of hydrogen-bond donors (Lipinski definition) is 1. The van der Waals surface area contributed by atoms with Gasteiger partial charge in [0.05, 0.1) is 13.7 Å². The lowest BCUT2D eigenvalue weighted by Gasteiger charge is -2.26. The first-order chi connectivity index (χ1) is 11.0. The molecule has 1 fully saturated rings. The Morgan fingerprint density at radius 3 is 2.96 bits per heavy atom. The number of carbonyl (C=O) groups excluding carboxylic acids is 1. The number of rotatable bonds is 4. The van der Waals surface area contributed by atoms with Gasteiger partial charge in [-0.05, 0) is 6.42 Å². The second-order valence-electron chi connectivity index (χ2n) is 5.47. The molecule has 2 aromatic heterocycles. The van der Waals surface area contributed by atoms with Crippen LogP contribution in [0.2, 0.25) is 0 Å². The van der Waals surface area contributed by atoms with E-state index in [0.29, 0.717) is 43.1 Å². The highest BCUT2D eigenvalue weighted by atomic mass is 16.5. The van der Waals surface area contributed by atoms with Crippen LogP contribution < -0.4 is 15.0 Å². The van der Waals surface area contributed by atoms with Crippen LogP contribution in [0.4, 0.5) is 5.95 Å². The van der Waals surface area contributed by atoms with Crippen molar-refractivity contribution in [3.63, 3.8) is 0 Å². The smallest absolute Gasteiger partial charge is 0.228 e. The standard InChI is InChI=1S/C14H18N6O3/c1-9(21)18-14(12-16-10(2)23-19-12)5-7-20(8-14)13-15-6-4-11(17-13)22-3/h4,6H,5,7-8H2,1-3H3,(H,18,21). The van der Waals surface area contributed by atoms with Crippen molar-refractivity contribution in [1.29, 1.82) is 0 Å². The largest absolute Gasteiger partial charge is 0.481 e. The number of ether oxygens (including phenoxy) is 1.